The Labute approximate surface area is 98.8 Å². The minimum Gasteiger partial charge on any atom is -0.383 e. The molecule has 2 rings (SSSR count). The number of nitrogens with zero attached hydrogens (tertiary/aromatic N) is 2. The molecule has 88 valence electrons. The van der Waals surface area contributed by atoms with Gasteiger partial charge in [0.1, 0.15) is 10.8 Å². The van der Waals surface area contributed by atoms with Crippen LogP contribution in [-0.2, 0) is 4.79 Å². The van der Waals surface area contributed by atoms with Crippen LogP contribution in [0.5, 0.6) is 0 Å². The third-order valence-electron chi connectivity index (χ3n) is 2.63. The highest BCUT2D eigenvalue weighted by Crippen LogP contribution is 2.17. The Morgan fingerprint density at radius 1 is 1.56 bits per heavy atom. The molecule has 1 amide bonds. The molecular formula is C10H16N4OS. The number of likely N-dealkylation sites (tertiary alicyclic amines) is 1. The van der Waals surface area contributed by atoms with E-state index in [0.29, 0.717) is 18.8 Å². The molecule has 1 aromatic heterocycles. The summed E-state index contributed by atoms with van der Waals surface area (Å²) in [4.78, 5) is 13.6. The van der Waals surface area contributed by atoms with Gasteiger partial charge in [0.25, 0.3) is 0 Å². The van der Waals surface area contributed by atoms with Crippen LogP contribution in [0.4, 0.5) is 10.8 Å². The maximum atomic E-state index is 11.7. The van der Waals surface area contributed by atoms with Crippen molar-refractivity contribution in [3.05, 3.63) is 6.07 Å². The quantitative estimate of drug-likeness (QED) is 0.828. The average Bonchev–Trinajstić information content (AvgIpc) is 2.89. The molecule has 3 N–H and O–H groups in total. The Hall–Kier alpha value is -1.30. The van der Waals surface area contributed by atoms with Crippen LogP contribution < -0.4 is 11.1 Å². The van der Waals surface area contributed by atoms with Crippen molar-refractivity contribution in [3.8, 4) is 0 Å². The van der Waals surface area contributed by atoms with Gasteiger partial charge >= 0.3 is 0 Å². The van der Waals surface area contributed by atoms with Crippen molar-refractivity contribution in [1.82, 2.24) is 9.27 Å². The van der Waals surface area contributed by atoms with Crippen LogP contribution in [0, 0.1) is 0 Å². The Kier molecular flexibility index (Phi) is 3.61. The Morgan fingerprint density at radius 3 is 2.94 bits per heavy atom. The zero-order valence-electron chi connectivity index (χ0n) is 9.11. The number of aromatic nitrogens is 1. The predicted molar refractivity (Wildman–Crippen MR) is 65.4 cm³/mol. The van der Waals surface area contributed by atoms with E-state index in [0.717, 1.165) is 30.9 Å². The van der Waals surface area contributed by atoms with Gasteiger partial charge in [-0.2, -0.15) is 4.37 Å². The van der Waals surface area contributed by atoms with Crippen molar-refractivity contribution in [3.63, 3.8) is 0 Å². The van der Waals surface area contributed by atoms with Crippen LogP contribution in [-0.4, -0.2) is 34.8 Å². The van der Waals surface area contributed by atoms with Crippen molar-refractivity contribution < 1.29 is 4.79 Å². The summed E-state index contributed by atoms with van der Waals surface area (Å²) in [6.45, 7) is 2.50. The van der Waals surface area contributed by atoms with E-state index in [-0.39, 0.29) is 5.91 Å². The smallest absolute Gasteiger partial charge is 0.224 e. The summed E-state index contributed by atoms with van der Waals surface area (Å²) in [5.41, 5.74) is 5.49. The van der Waals surface area contributed by atoms with Gasteiger partial charge in [0.05, 0.1) is 0 Å². The lowest BCUT2D eigenvalue weighted by Crippen LogP contribution is -2.28. The molecule has 0 aromatic carbocycles. The SMILES string of the molecule is Nc1cc(NCCC(=O)N2CCCC2)sn1. The summed E-state index contributed by atoms with van der Waals surface area (Å²) in [5, 5.41) is 4.07. The van der Waals surface area contributed by atoms with Crippen molar-refractivity contribution in [2.45, 2.75) is 19.3 Å². The minimum atomic E-state index is 0.238. The lowest BCUT2D eigenvalue weighted by atomic mass is 10.3. The zero-order chi connectivity index (χ0) is 11.4. The fourth-order valence-corrected chi connectivity index (χ4v) is 2.39. The third-order valence-corrected chi connectivity index (χ3v) is 3.39. The van der Waals surface area contributed by atoms with Gasteiger partial charge in [-0.3, -0.25) is 4.79 Å². The summed E-state index contributed by atoms with van der Waals surface area (Å²) in [6.07, 6.45) is 2.83. The minimum absolute atomic E-state index is 0.238. The van der Waals surface area contributed by atoms with Gasteiger partial charge in [-0.1, -0.05) is 0 Å². The van der Waals surface area contributed by atoms with Gasteiger partial charge in [0.2, 0.25) is 5.91 Å². The lowest BCUT2D eigenvalue weighted by molar-refractivity contribution is -0.129. The molecule has 2 heterocycles. The zero-order valence-corrected chi connectivity index (χ0v) is 9.92. The van der Waals surface area contributed by atoms with E-state index < -0.39 is 0 Å². The van der Waals surface area contributed by atoms with Gasteiger partial charge < -0.3 is 16.0 Å². The number of nitrogen functional groups attached to an aromatic ring is 1. The number of hydrogen-bond donors (Lipinski definition) is 2. The van der Waals surface area contributed by atoms with Gasteiger partial charge in [-0.05, 0) is 24.4 Å². The number of hydrogen-bond acceptors (Lipinski definition) is 5. The van der Waals surface area contributed by atoms with Crippen LogP contribution in [0.15, 0.2) is 6.07 Å². The van der Waals surface area contributed by atoms with E-state index in [4.69, 9.17) is 5.73 Å². The second-order valence-electron chi connectivity index (χ2n) is 3.88. The summed E-state index contributed by atoms with van der Waals surface area (Å²) < 4.78 is 3.95. The summed E-state index contributed by atoms with van der Waals surface area (Å²) >= 11 is 1.32. The highest BCUT2D eigenvalue weighted by atomic mass is 32.1. The van der Waals surface area contributed by atoms with Crippen LogP contribution >= 0.6 is 11.5 Å². The van der Waals surface area contributed by atoms with E-state index in [1.54, 1.807) is 6.07 Å². The van der Waals surface area contributed by atoms with E-state index in [2.05, 4.69) is 9.69 Å². The third kappa shape index (κ3) is 2.85. The maximum Gasteiger partial charge on any atom is 0.224 e. The van der Waals surface area contributed by atoms with Gasteiger partial charge in [-0.25, -0.2) is 0 Å². The number of nitrogens with one attached hydrogen (secondary N) is 1. The molecule has 0 saturated carbocycles. The predicted octanol–water partition coefficient (Wildman–Crippen LogP) is 1.15. The van der Waals surface area contributed by atoms with Gasteiger partial charge in [0.15, 0.2) is 0 Å². The number of carbonyl (C=O) groups excluding carboxylic acids is 1. The molecule has 1 fully saturated rings. The summed E-state index contributed by atoms with van der Waals surface area (Å²) in [6, 6.07) is 1.78. The van der Waals surface area contributed by atoms with Crippen LogP contribution in [0.3, 0.4) is 0 Å². The molecular weight excluding hydrogens is 224 g/mol. The fraction of sp³-hybridized carbons (Fsp3) is 0.600. The molecule has 1 aliphatic rings. The molecule has 0 radical (unpaired) electrons. The number of anilines is 2. The van der Waals surface area contributed by atoms with Crippen LogP contribution in [0.25, 0.3) is 0 Å². The Balaban J connectivity index is 1.69. The second kappa shape index (κ2) is 5.16. The van der Waals surface area contributed by atoms with Crippen molar-refractivity contribution in [2.75, 3.05) is 30.7 Å². The molecule has 1 aromatic rings. The van der Waals surface area contributed by atoms with Gasteiger partial charge in [0, 0.05) is 32.1 Å². The molecule has 0 aliphatic carbocycles. The average molecular weight is 240 g/mol. The molecule has 0 spiro atoms. The highest BCUT2D eigenvalue weighted by molar-refractivity contribution is 7.10. The number of amides is 1. The maximum absolute atomic E-state index is 11.7. The second-order valence-corrected chi connectivity index (χ2v) is 4.69. The van der Waals surface area contributed by atoms with E-state index in [1.165, 1.54) is 11.5 Å². The summed E-state index contributed by atoms with van der Waals surface area (Å²) in [7, 11) is 0. The van der Waals surface area contributed by atoms with Gasteiger partial charge in [-0.15, -0.1) is 0 Å². The molecule has 0 atom stereocenters. The normalized spacial score (nSPS) is 15.4. The molecule has 5 nitrogen and oxygen atoms in total. The van der Waals surface area contributed by atoms with Crippen LogP contribution in [0.2, 0.25) is 0 Å². The highest BCUT2D eigenvalue weighted by Gasteiger charge is 2.16. The largest absolute Gasteiger partial charge is 0.383 e. The summed E-state index contributed by atoms with van der Waals surface area (Å²) in [5.74, 6) is 0.765. The first-order chi connectivity index (χ1) is 7.75. The monoisotopic (exact) mass is 240 g/mol. The van der Waals surface area contributed by atoms with Crippen molar-refractivity contribution in [2.24, 2.45) is 0 Å². The Morgan fingerprint density at radius 2 is 2.31 bits per heavy atom. The first kappa shape index (κ1) is 11.2. The number of carbonyl (C=O) groups is 1. The number of nitrogens with two attached hydrogens (primary N) is 1. The number of rotatable bonds is 4. The van der Waals surface area contributed by atoms with E-state index in [9.17, 15) is 4.79 Å². The molecule has 0 bridgehead atoms. The standard InChI is InChI=1S/C10H16N4OS/c11-8-7-9(16-13-8)12-4-3-10(15)14-5-1-2-6-14/h7,12H,1-6H2,(H2,11,13). The molecule has 1 aliphatic heterocycles. The molecule has 16 heavy (non-hydrogen) atoms. The van der Waals surface area contributed by atoms with E-state index >= 15 is 0 Å². The van der Waals surface area contributed by atoms with E-state index in [1.807, 2.05) is 4.90 Å². The first-order valence-electron chi connectivity index (χ1n) is 5.49. The van der Waals surface area contributed by atoms with Crippen LogP contribution in [0.1, 0.15) is 19.3 Å². The first-order valence-corrected chi connectivity index (χ1v) is 6.27. The topological polar surface area (TPSA) is 71.2 Å². The molecule has 6 heteroatoms. The molecule has 1 saturated heterocycles. The van der Waals surface area contributed by atoms with Crippen molar-refractivity contribution in [1.29, 1.82) is 0 Å². The lowest BCUT2D eigenvalue weighted by Gasteiger charge is -2.14. The van der Waals surface area contributed by atoms with Crippen molar-refractivity contribution >= 4 is 28.3 Å². The Bertz CT molecular complexity index is 359. The fourth-order valence-electron chi connectivity index (χ4n) is 1.79. The molecule has 0 unspecified atom stereocenters.